The SMILES string of the molecule is C=CCCC(NC(=O)c1ccc2c(c1)[nH]c(=O)n2C1CCCC1)C(=O)O. The van der Waals surface area contributed by atoms with Gasteiger partial charge in [-0.2, -0.15) is 0 Å². The topological polar surface area (TPSA) is 104 Å². The van der Waals surface area contributed by atoms with Crippen molar-refractivity contribution in [1.29, 1.82) is 0 Å². The van der Waals surface area contributed by atoms with E-state index < -0.39 is 17.9 Å². The lowest BCUT2D eigenvalue weighted by Crippen LogP contribution is -2.40. The summed E-state index contributed by atoms with van der Waals surface area (Å²) < 4.78 is 1.77. The Hall–Kier alpha value is -2.83. The lowest BCUT2D eigenvalue weighted by Gasteiger charge is -2.14. The van der Waals surface area contributed by atoms with Crippen LogP contribution >= 0.6 is 0 Å². The number of H-pyrrole nitrogens is 1. The number of aromatic amines is 1. The zero-order valence-corrected chi connectivity index (χ0v) is 14.5. The van der Waals surface area contributed by atoms with Crippen LogP contribution in [0.25, 0.3) is 11.0 Å². The van der Waals surface area contributed by atoms with Gasteiger partial charge in [-0.1, -0.05) is 18.9 Å². The van der Waals surface area contributed by atoms with Gasteiger partial charge in [0.15, 0.2) is 0 Å². The van der Waals surface area contributed by atoms with Crippen LogP contribution in [-0.2, 0) is 4.79 Å². The number of nitrogens with one attached hydrogen (secondary N) is 2. The fourth-order valence-corrected chi connectivity index (χ4v) is 3.58. The predicted molar refractivity (Wildman–Crippen MR) is 98.4 cm³/mol. The Bertz CT molecular complexity index is 890. The molecule has 2 aromatic rings. The van der Waals surface area contributed by atoms with E-state index in [9.17, 15) is 19.5 Å². The van der Waals surface area contributed by atoms with E-state index in [0.717, 1.165) is 31.2 Å². The van der Waals surface area contributed by atoms with Crippen LogP contribution in [0, 0.1) is 0 Å². The zero-order chi connectivity index (χ0) is 18.7. The molecule has 7 heteroatoms. The number of allylic oxidation sites excluding steroid dienone is 1. The van der Waals surface area contributed by atoms with Crippen molar-refractivity contribution >= 4 is 22.9 Å². The first-order chi connectivity index (χ1) is 12.5. The van der Waals surface area contributed by atoms with Crippen molar-refractivity contribution in [3.63, 3.8) is 0 Å². The lowest BCUT2D eigenvalue weighted by molar-refractivity contribution is -0.139. The molecule has 1 aromatic heterocycles. The number of fused-ring (bicyclic) bond motifs is 1. The first kappa shape index (κ1) is 18.0. The second-order valence-electron chi connectivity index (χ2n) is 6.70. The molecule has 0 spiro atoms. The standard InChI is InChI=1S/C19H23N3O4/c1-2-3-8-14(18(24)25)20-17(23)12-9-10-16-15(11-12)21-19(26)22(16)13-6-4-5-7-13/h2,9-11,13-14H,1,3-8H2,(H,20,23)(H,21,26)(H,24,25). The summed E-state index contributed by atoms with van der Waals surface area (Å²) in [6.07, 6.45) is 6.59. The minimum Gasteiger partial charge on any atom is -0.480 e. The van der Waals surface area contributed by atoms with Gasteiger partial charge in [0.2, 0.25) is 0 Å². The van der Waals surface area contributed by atoms with Crippen LogP contribution < -0.4 is 11.0 Å². The van der Waals surface area contributed by atoms with Crippen molar-refractivity contribution < 1.29 is 14.7 Å². The molecule has 138 valence electrons. The van der Waals surface area contributed by atoms with Gasteiger partial charge in [0.05, 0.1) is 11.0 Å². The van der Waals surface area contributed by atoms with Crippen LogP contribution in [0.2, 0.25) is 0 Å². The first-order valence-electron chi connectivity index (χ1n) is 8.90. The Morgan fingerprint density at radius 1 is 1.38 bits per heavy atom. The Kier molecular flexibility index (Phi) is 5.25. The summed E-state index contributed by atoms with van der Waals surface area (Å²) in [5, 5.41) is 11.8. The second-order valence-corrected chi connectivity index (χ2v) is 6.70. The number of amides is 1. The molecule has 1 aliphatic rings. The quantitative estimate of drug-likeness (QED) is 0.663. The fraction of sp³-hybridized carbons (Fsp3) is 0.421. The van der Waals surface area contributed by atoms with Gasteiger partial charge in [-0.05, 0) is 43.9 Å². The molecule has 0 bridgehead atoms. The Labute approximate surface area is 150 Å². The third-order valence-corrected chi connectivity index (χ3v) is 4.93. The number of carboxylic acid groups (broad SMARTS) is 1. The number of carbonyl (C=O) groups is 2. The number of hydrogen-bond donors (Lipinski definition) is 3. The van der Waals surface area contributed by atoms with E-state index in [2.05, 4.69) is 16.9 Å². The van der Waals surface area contributed by atoms with Crippen LogP contribution in [0.3, 0.4) is 0 Å². The van der Waals surface area contributed by atoms with Crippen molar-refractivity contribution in [1.82, 2.24) is 14.9 Å². The van der Waals surface area contributed by atoms with Crippen molar-refractivity contribution in [3.8, 4) is 0 Å². The monoisotopic (exact) mass is 357 g/mol. The van der Waals surface area contributed by atoms with Gasteiger partial charge in [0.25, 0.3) is 5.91 Å². The van der Waals surface area contributed by atoms with Crippen LogP contribution in [-0.4, -0.2) is 32.6 Å². The average Bonchev–Trinajstić information content (AvgIpc) is 3.23. The minimum absolute atomic E-state index is 0.168. The van der Waals surface area contributed by atoms with Crippen molar-refractivity contribution in [2.45, 2.75) is 50.6 Å². The number of carbonyl (C=O) groups excluding carboxylic acids is 1. The molecule has 1 atom stereocenters. The molecule has 1 heterocycles. The Morgan fingerprint density at radius 2 is 2.12 bits per heavy atom. The molecule has 0 radical (unpaired) electrons. The second kappa shape index (κ2) is 7.59. The number of carboxylic acids is 1. The maximum atomic E-state index is 12.4. The molecule has 7 nitrogen and oxygen atoms in total. The van der Waals surface area contributed by atoms with Crippen LogP contribution in [0.15, 0.2) is 35.6 Å². The molecule has 1 aliphatic carbocycles. The largest absolute Gasteiger partial charge is 0.480 e. The predicted octanol–water partition coefficient (Wildman–Crippen LogP) is 2.59. The highest BCUT2D eigenvalue weighted by atomic mass is 16.4. The molecule has 1 saturated carbocycles. The van der Waals surface area contributed by atoms with E-state index in [0.29, 0.717) is 17.5 Å². The molecule has 1 fully saturated rings. The fourth-order valence-electron chi connectivity index (χ4n) is 3.58. The summed E-state index contributed by atoms with van der Waals surface area (Å²) in [6.45, 7) is 3.56. The normalized spacial score (nSPS) is 15.8. The molecular formula is C19H23N3O4. The maximum absolute atomic E-state index is 12.4. The van der Waals surface area contributed by atoms with E-state index in [1.807, 2.05) is 0 Å². The van der Waals surface area contributed by atoms with Gasteiger partial charge in [-0.3, -0.25) is 9.36 Å². The number of rotatable bonds is 7. The zero-order valence-electron chi connectivity index (χ0n) is 14.5. The molecule has 0 saturated heterocycles. The number of imidazole rings is 1. The third-order valence-electron chi connectivity index (χ3n) is 4.93. The van der Waals surface area contributed by atoms with Crippen LogP contribution in [0.4, 0.5) is 0 Å². The van der Waals surface area contributed by atoms with Crippen LogP contribution in [0.5, 0.6) is 0 Å². The highest BCUT2D eigenvalue weighted by Crippen LogP contribution is 2.30. The lowest BCUT2D eigenvalue weighted by atomic mass is 10.1. The molecule has 1 unspecified atom stereocenters. The van der Waals surface area contributed by atoms with Crippen molar-refractivity contribution in [2.75, 3.05) is 0 Å². The van der Waals surface area contributed by atoms with Crippen molar-refractivity contribution in [3.05, 3.63) is 46.9 Å². The smallest absolute Gasteiger partial charge is 0.326 e. The summed E-state index contributed by atoms with van der Waals surface area (Å²) in [7, 11) is 0. The Balaban J connectivity index is 1.84. The van der Waals surface area contributed by atoms with Gasteiger partial charge in [0.1, 0.15) is 6.04 Å². The molecular weight excluding hydrogens is 334 g/mol. The number of nitrogens with zero attached hydrogens (tertiary/aromatic N) is 1. The number of aliphatic carboxylic acids is 1. The van der Waals surface area contributed by atoms with E-state index in [1.165, 1.54) is 0 Å². The van der Waals surface area contributed by atoms with Gasteiger partial charge in [-0.25, -0.2) is 9.59 Å². The number of hydrogen-bond acceptors (Lipinski definition) is 3. The minimum atomic E-state index is -1.08. The number of aromatic nitrogens is 2. The summed E-state index contributed by atoms with van der Waals surface area (Å²) >= 11 is 0. The van der Waals surface area contributed by atoms with Gasteiger partial charge >= 0.3 is 11.7 Å². The van der Waals surface area contributed by atoms with E-state index >= 15 is 0 Å². The van der Waals surface area contributed by atoms with Gasteiger partial charge in [-0.15, -0.1) is 6.58 Å². The van der Waals surface area contributed by atoms with Gasteiger partial charge < -0.3 is 15.4 Å². The summed E-state index contributed by atoms with van der Waals surface area (Å²) in [5.41, 5.74) is 1.52. The summed E-state index contributed by atoms with van der Waals surface area (Å²) in [5.74, 6) is -1.56. The first-order valence-corrected chi connectivity index (χ1v) is 8.90. The van der Waals surface area contributed by atoms with E-state index in [1.54, 1.807) is 28.8 Å². The molecule has 1 aromatic carbocycles. The molecule has 1 amide bonds. The molecule has 3 rings (SSSR count). The highest BCUT2D eigenvalue weighted by molar-refractivity contribution is 5.99. The number of benzene rings is 1. The van der Waals surface area contributed by atoms with Crippen molar-refractivity contribution in [2.24, 2.45) is 0 Å². The maximum Gasteiger partial charge on any atom is 0.326 e. The molecule has 3 N–H and O–H groups in total. The summed E-state index contributed by atoms with van der Waals surface area (Å²) in [6, 6.07) is 4.21. The average molecular weight is 357 g/mol. The highest BCUT2D eigenvalue weighted by Gasteiger charge is 2.23. The van der Waals surface area contributed by atoms with Crippen LogP contribution in [0.1, 0.15) is 54.9 Å². The molecule has 26 heavy (non-hydrogen) atoms. The Morgan fingerprint density at radius 3 is 2.77 bits per heavy atom. The third kappa shape index (κ3) is 3.56. The van der Waals surface area contributed by atoms with Gasteiger partial charge in [0, 0.05) is 11.6 Å². The van der Waals surface area contributed by atoms with E-state index in [4.69, 9.17) is 0 Å². The van der Waals surface area contributed by atoms with E-state index in [-0.39, 0.29) is 18.2 Å². The summed E-state index contributed by atoms with van der Waals surface area (Å²) in [4.78, 5) is 38.8. The molecule has 0 aliphatic heterocycles.